The van der Waals surface area contributed by atoms with E-state index in [-0.39, 0.29) is 29.0 Å². The summed E-state index contributed by atoms with van der Waals surface area (Å²) in [4.78, 5) is 55.2. The molecular formula is C40H50F2N4O5. The fraction of sp³-hybridized carbons (Fsp3) is 0.500. The van der Waals surface area contributed by atoms with Gasteiger partial charge in [-0.15, -0.1) is 0 Å². The molecule has 2 atom stereocenters. The number of carboxylic acid groups (broad SMARTS) is 1. The quantitative estimate of drug-likeness (QED) is 0.188. The standard InChI is InChI=1S/C40H50F2N4O5/c1-24(2)18-33(44-37(49)30-8-6-13-46(39(30)51)17-16-45-14-11-40(12-15-45)9-7-10-40)38(50)43-32(23-34(47)48)31-22-28(19-27(5)36(31)42)35-25(3)20-29(41)21-26(35)4/h6,8,13,19-22,24,32-33H,7,9-12,14-18,23H2,1-5H3,(H,43,50)(H,44,49)(H,47,48)/t32-,33-/m0/s1. The van der Waals surface area contributed by atoms with E-state index in [9.17, 15) is 28.7 Å². The number of rotatable bonds is 13. The number of aryl methyl sites for hydroxylation is 3. The van der Waals surface area contributed by atoms with E-state index in [0.717, 1.165) is 13.1 Å². The molecule has 51 heavy (non-hydrogen) atoms. The van der Waals surface area contributed by atoms with Crippen molar-refractivity contribution in [3.05, 3.63) is 92.4 Å². The molecule has 11 heteroatoms. The van der Waals surface area contributed by atoms with Crippen LogP contribution in [-0.4, -0.2) is 58.0 Å². The summed E-state index contributed by atoms with van der Waals surface area (Å²) < 4.78 is 31.4. The summed E-state index contributed by atoms with van der Waals surface area (Å²) in [5.74, 6) is -3.84. The molecule has 1 spiro atoms. The molecule has 274 valence electrons. The number of carbonyl (C=O) groups excluding carboxylic acids is 2. The molecule has 3 aromatic rings. The van der Waals surface area contributed by atoms with Crippen molar-refractivity contribution in [2.24, 2.45) is 11.3 Å². The zero-order chi connectivity index (χ0) is 37.0. The van der Waals surface area contributed by atoms with Crippen LogP contribution < -0.4 is 16.2 Å². The summed E-state index contributed by atoms with van der Waals surface area (Å²) in [5, 5.41) is 15.2. The van der Waals surface area contributed by atoms with Crippen LogP contribution in [0.5, 0.6) is 0 Å². The lowest BCUT2D eigenvalue weighted by Gasteiger charge is -2.48. The fourth-order valence-electron chi connectivity index (χ4n) is 7.75. The van der Waals surface area contributed by atoms with Gasteiger partial charge in [0, 0.05) is 24.8 Å². The van der Waals surface area contributed by atoms with Crippen molar-refractivity contribution >= 4 is 17.8 Å². The highest BCUT2D eigenvalue weighted by molar-refractivity contribution is 5.97. The molecule has 2 amide bonds. The van der Waals surface area contributed by atoms with Gasteiger partial charge in [-0.1, -0.05) is 20.3 Å². The Morgan fingerprint density at radius 1 is 0.922 bits per heavy atom. The lowest BCUT2D eigenvalue weighted by molar-refractivity contribution is -0.137. The monoisotopic (exact) mass is 704 g/mol. The van der Waals surface area contributed by atoms with Gasteiger partial charge in [0.15, 0.2) is 0 Å². The van der Waals surface area contributed by atoms with Gasteiger partial charge in [0.25, 0.3) is 11.5 Å². The van der Waals surface area contributed by atoms with Gasteiger partial charge in [0.2, 0.25) is 5.91 Å². The van der Waals surface area contributed by atoms with E-state index in [1.807, 2.05) is 13.8 Å². The second-order valence-corrected chi connectivity index (χ2v) is 15.0. The Balaban J connectivity index is 1.34. The van der Waals surface area contributed by atoms with Gasteiger partial charge in [-0.25, -0.2) is 8.78 Å². The number of hydrogen-bond acceptors (Lipinski definition) is 5. The summed E-state index contributed by atoms with van der Waals surface area (Å²) in [6.07, 6.45) is 7.52. The Labute approximate surface area is 298 Å². The van der Waals surface area contributed by atoms with Gasteiger partial charge in [0.05, 0.1) is 12.5 Å². The Kier molecular flexibility index (Phi) is 11.8. The highest BCUT2D eigenvalue weighted by atomic mass is 19.1. The number of nitrogens with one attached hydrogen (secondary N) is 2. The number of piperidine rings is 1. The second-order valence-electron chi connectivity index (χ2n) is 15.0. The van der Waals surface area contributed by atoms with Crippen LogP contribution in [0, 0.1) is 43.7 Å². The molecule has 2 fully saturated rings. The first-order valence-corrected chi connectivity index (χ1v) is 18.0. The summed E-state index contributed by atoms with van der Waals surface area (Å²) in [6.45, 7) is 11.9. The average molecular weight is 705 g/mol. The fourth-order valence-corrected chi connectivity index (χ4v) is 7.75. The topological polar surface area (TPSA) is 121 Å². The van der Waals surface area contributed by atoms with E-state index in [1.165, 1.54) is 60.9 Å². The molecule has 9 nitrogen and oxygen atoms in total. The number of carbonyl (C=O) groups is 3. The molecule has 2 aliphatic rings. The lowest BCUT2D eigenvalue weighted by atomic mass is 9.63. The summed E-state index contributed by atoms with van der Waals surface area (Å²) >= 11 is 0. The number of pyridine rings is 1. The predicted molar refractivity (Wildman–Crippen MR) is 193 cm³/mol. The smallest absolute Gasteiger partial charge is 0.305 e. The molecule has 2 heterocycles. The molecule has 1 aliphatic heterocycles. The number of carboxylic acids is 1. The Morgan fingerprint density at radius 3 is 2.18 bits per heavy atom. The van der Waals surface area contributed by atoms with Crippen molar-refractivity contribution in [1.29, 1.82) is 0 Å². The van der Waals surface area contributed by atoms with Crippen molar-refractivity contribution in [2.75, 3.05) is 19.6 Å². The van der Waals surface area contributed by atoms with Crippen molar-refractivity contribution in [2.45, 2.75) is 98.2 Å². The third kappa shape index (κ3) is 8.92. The van der Waals surface area contributed by atoms with E-state index in [2.05, 4.69) is 15.5 Å². The number of likely N-dealkylation sites (tertiary alicyclic amines) is 1. The summed E-state index contributed by atoms with van der Waals surface area (Å²) in [5.41, 5.74) is 2.62. The van der Waals surface area contributed by atoms with Gasteiger partial charge >= 0.3 is 5.97 Å². The number of halogens is 2. The number of aliphatic carboxylic acids is 1. The van der Waals surface area contributed by atoms with Crippen molar-refractivity contribution in [3.8, 4) is 11.1 Å². The summed E-state index contributed by atoms with van der Waals surface area (Å²) in [7, 11) is 0. The molecule has 3 N–H and O–H groups in total. The first kappa shape index (κ1) is 37.9. The molecule has 1 saturated carbocycles. The normalized spacial score (nSPS) is 16.8. The molecule has 5 rings (SSSR count). The molecule has 1 saturated heterocycles. The van der Waals surface area contributed by atoms with Crippen LogP contribution in [-0.2, 0) is 16.1 Å². The molecule has 0 unspecified atom stereocenters. The molecule has 2 aromatic carbocycles. The van der Waals surface area contributed by atoms with Crippen LogP contribution >= 0.6 is 0 Å². The van der Waals surface area contributed by atoms with Crippen LogP contribution in [0.15, 0.2) is 47.4 Å². The Morgan fingerprint density at radius 2 is 1.59 bits per heavy atom. The van der Waals surface area contributed by atoms with E-state index in [0.29, 0.717) is 40.8 Å². The first-order chi connectivity index (χ1) is 24.2. The Bertz CT molecular complexity index is 1820. The molecule has 1 aliphatic carbocycles. The predicted octanol–water partition coefficient (Wildman–Crippen LogP) is 6.46. The maximum Gasteiger partial charge on any atom is 0.305 e. The van der Waals surface area contributed by atoms with Crippen molar-refractivity contribution < 1.29 is 28.3 Å². The zero-order valence-corrected chi connectivity index (χ0v) is 30.3. The average Bonchev–Trinajstić information content (AvgIpc) is 3.03. The van der Waals surface area contributed by atoms with Crippen LogP contribution in [0.4, 0.5) is 8.78 Å². The van der Waals surface area contributed by atoms with E-state index in [1.54, 1.807) is 39.1 Å². The van der Waals surface area contributed by atoms with Crippen LogP contribution in [0.2, 0.25) is 0 Å². The lowest BCUT2D eigenvalue weighted by Crippen LogP contribution is -2.49. The largest absolute Gasteiger partial charge is 0.481 e. The highest BCUT2D eigenvalue weighted by Gasteiger charge is 2.39. The molecule has 1 aromatic heterocycles. The van der Waals surface area contributed by atoms with E-state index >= 15 is 4.39 Å². The highest BCUT2D eigenvalue weighted by Crippen LogP contribution is 2.48. The third-order valence-electron chi connectivity index (χ3n) is 10.7. The van der Waals surface area contributed by atoms with E-state index < -0.39 is 53.5 Å². The maximum absolute atomic E-state index is 15.8. The SMILES string of the molecule is Cc1cc(-c2c(C)cc(F)cc2C)cc([C@H](CC(=O)O)NC(=O)[C@H](CC(C)C)NC(=O)c2cccn(CCN3CCC4(CCC4)CC3)c2=O)c1F. The maximum atomic E-state index is 15.8. The van der Waals surface area contributed by atoms with E-state index in [4.69, 9.17) is 0 Å². The van der Waals surface area contributed by atoms with Gasteiger partial charge in [-0.05, 0) is 142 Å². The minimum atomic E-state index is -1.29. The number of hydrogen-bond donors (Lipinski definition) is 3. The molecular weight excluding hydrogens is 654 g/mol. The van der Waals surface area contributed by atoms with Crippen LogP contribution in [0.1, 0.15) is 97.4 Å². The molecule has 0 bridgehead atoms. The van der Waals surface area contributed by atoms with Gasteiger partial charge < -0.3 is 25.2 Å². The minimum absolute atomic E-state index is 0.0407. The Hall–Kier alpha value is -4.38. The van der Waals surface area contributed by atoms with Crippen LogP contribution in [0.25, 0.3) is 11.1 Å². The van der Waals surface area contributed by atoms with Gasteiger partial charge in [-0.2, -0.15) is 0 Å². The first-order valence-electron chi connectivity index (χ1n) is 18.0. The van der Waals surface area contributed by atoms with Gasteiger partial charge in [0.1, 0.15) is 23.2 Å². The number of nitrogens with zero attached hydrogens (tertiary/aromatic N) is 2. The number of aromatic nitrogens is 1. The van der Waals surface area contributed by atoms with Crippen molar-refractivity contribution in [1.82, 2.24) is 20.1 Å². The second kappa shape index (κ2) is 15.9. The van der Waals surface area contributed by atoms with Crippen LogP contribution in [0.3, 0.4) is 0 Å². The number of amides is 2. The summed E-state index contributed by atoms with van der Waals surface area (Å²) in [6, 6.07) is 6.48. The van der Waals surface area contributed by atoms with Crippen molar-refractivity contribution in [3.63, 3.8) is 0 Å². The third-order valence-corrected chi connectivity index (χ3v) is 10.7. The number of benzene rings is 2. The zero-order valence-electron chi connectivity index (χ0n) is 30.3. The van der Waals surface area contributed by atoms with Gasteiger partial charge in [-0.3, -0.25) is 19.2 Å². The minimum Gasteiger partial charge on any atom is -0.481 e. The molecule has 0 radical (unpaired) electrons.